The van der Waals surface area contributed by atoms with Gasteiger partial charge in [-0.25, -0.2) is 0 Å². The molecule has 0 saturated heterocycles. The van der Waals surface area contributed by atoms with Crippen LogP contribution in [0, 0.1) is 19.8 Å². The summed E-state index contributed by atoms with van der Waals surface area (Å²) >= 11 is 0. The van der Waals surface area contributed by atoms with Crippen LogP contribution in [0.1, 0.15) is 22.3 Å². The Bertz CT molecular complexity index is 567. The van der Waals surface area contributed by atoms with E-state index in [1.165, 1.54) is 11.1 Å². The van der Waals surface area contributed by atoms with Crippen molar-refractivity contribution >= 4 is 5.97 Å². The Hall–Kier alpha value is -2.09. The second-order valence-corrected chi connectivity index (χ2v) is 5.30. The van der Waals surface area contributed by atoms with Crippen LogP contribution in [0.2, 0.25) is 0 Å². The molecule has 1 unspecified atom stereocenters. The van der Waals surface area contributed by atoms with E-state index in [1.54, 1.807) is 0 Å². The van der Waals surface area contributed by atoms with E-state index in [-0.39, 0.29) is 5.92 Å². The summed E-state index contributed by atoms with van der Waals surface area (Å²) in [5, 5.41) is 9.48. The topological polar surface area (TPSA) is 37.3 Å². The van der Waals surface area contributed by atoms with Gasteiger partial charge in [0.1, 0.15) is 0 Å². The number of benzene rings is 2. The summed E-state index contributed by atoms with van der Waals surface area (Å²) in [4.78, 5) is 11.5. The first-order valence-corrected chi connectivity index (χ1v) is 6.89. The molecule has 2 aromatic carbocycles. The van der Waals surface area contributed by atoms with Crippen molar-refractivity contribution in [1.29, 1.82) is 0 Å². The van der Waals surface area contributed by atoms with Gasteiger partial charge in [0.2, 0.25) is 0 Å². The van der Waals surface area contributed by atoms with Crippen LogP contribution in [0.25, 0.3) is 0 Å². The summed E-state index contributed by atoms with van der Waals surface area (Å²) in [5.41, 5.74) is 4.58. The highest BCUT2D eigenvalue weighted by Gasteiger charge is 2.20. The molecule has 0 spiro atoms. The fraction of sp³-hybridized carbons (Fsp3) is 0.278. The fourth-order valence-electron chi connectivity index (χ4n) is 2.56. The van der Waals surface area contributed by atoms with Crippen LogP contribution in [0.5, 0.6) is 0 Å². The van der Waals surface area contributed by atoms with Crippen LogP contribution >= 0.6 is 0 Å². The van der Waals surface area contributed by atoms with Crippen LogP contribution in [-0.2, 0) is 17.6 Å². The van der Waals surface area contributed by atoms with Crippen molar-refractivity contribution in [2.75, 3.05) is 0 Å². The van der Waals surface area contributed by atoms with Crippen LogP contribution in [0.15, 0.2) is 48.5 Å². The van der Waals surface area contributed by atoms with Crippen LogP contribution in [-0.4, -0.2) is 11.1 Å². The summed E-state index contributed by atoms with van der Waals surface area (Å²) in [5.74, 6) is -1.10. The number of carboxylic acids is 1. The van der Waals surface area contributed by atoms with Crippen molar-refractivity contribution in [3.8, 4) is 0 Å². The fourth-order valence-corrected chi connectivity index (χ4v) is 2.56. The quantitative estimate of drug-likeness (QED) is 0.895. The number of rotatable bonds is 5. The summed E-state index contributed by atoms with van der Waals surface area (Å²) in [7, 11) is 0. The molecule has 0 aliphatic rings. The van der Waals surface area contributed by atoms with E-state index in [1.807, 2.05) is 62.4 Å². The molecule has 1 N–H and O–H groups in total. The number of carbonyl (C=O) groups is 1. The molecule has 0 aliphatic heterocycles. The summed E-state index contributed by atoms with van der Waals surface area (Å²) in [6.45, 7) is 4.09. The molecule has 20 heavy (non-hydrogen) atoms. The average molecular weight is 268 g/mol. The van der Waals surface area contributed by atoms with Crippen LogP contribution < -0.4 is 0 Å². The van der Waals surface area contributed by atoms with E-state index in [9.17, 15) is 9.90 Å². The number of hydrogen-bond donors (Lipinski definition) is 1. The molecule has 0 radical (unpaired) electrons. The molecular weight excluding hydrogens is 248 g/mol. The van der Waals surface area contributed by atoms with Gasteiger partial charge in [-0.15, -0.1) is 0 Å². The molecule has 104 valence electrons. The molecule has 0 fully saturated rings. The highest BCUT2D eigenvalue weighted by atomic mass is 16.4. The normalized spacial score (nSPS) is 12.1. The molecule has 0 bridgehead atoms. The Labute approximate surface area is 120 Å². The first-order chi connectivity index (χ1) is 9.58. The van der Waals surface area contributed by atoms with Gasteiger partial charge < -0.3 is 5.11 Å². The maximum Gasteiger partial charge on any atom is 0.307 e. The molecule has 2 aromatic rings. The molecule has 1 atom stereocenters. The van der Waals surface area contributed by atoms with Crippen LogP contribution in [0.3, 0.4) is 0 Å². The minimum absolute atomic E-state index is 0.378. The van der Waals surface area contributed by atoms with Crippen molar-refractivity contribution in [2.24, 2.45) is 5.92 Å². The third kappa shape index (κ3) is 3.47. The molecule has 0 saturated carbocycles. The minimum Gasteiger partial charge on any atom is -0.481 e. The monoisotopic (exact) mass is 268 g/mol. The van der Waals surface area contributed by atoms with Gasteiger partial charge in [-0.1, -0.05) is 48.5 Å². The number of aryl methyl sites for hydroxylation is 2. The second-order valence-electron chi connectivity index (χ2n) is 5.30. The third-order valence-corrected chi connectivity index (χ3v) is 3.77. The van der Waals surface area contributed by atoms with Crippen molar-refractivity contribution in [3.05, 3.63) is 70.8 Å². The molecule has 2 rings (SSSR count). The van der Waals surface area contributed by atoms with Gasteiger partial charge in [0, 0.05) is 0 Å². The second kappa shape index (κ2) is 6.38. The number of hydrogen-bond acceptors (Lipinski definition) is 1. The van der Waals surface area contributed by atoms with Gasteiger partial charge >= 0.3 is 5.97 Å². The van der Waals surface area contributed by atoms with Crippen molar-refractivity contribution in [3.63, 3.8) is 0 Å². The van der Waals surface area contributed by atoms with Crippen molar-refractivity contribution in [1.82, 2.24) is 0 Å². The number of aliphatic carboxylic acids is 1. The van der Waals surface area contributed by atoms with Gasteiger partial charge in [0.25, 0.3) is 0 Å². The lowest BCUT2D eigenvalue weighted by Gasteiger charge is -2.16. The van der Waals surface area contributed by atoms with E-state index in [0.29, 0.717) is 12.8 Å². The Morgan fingerprint density at radius 1 is 0.950 bits per heavy atom. The van der Waals surface area contributed by atoms with E-state index in [0.717, 1.165) is 11.1 Å². The predicted molar refractivity (Wildman–Crippen MR) is 80.9 cm³/mol. The van der Waals surface area contributed by atoms with Gasteiger partial charge in [0.05, 0.1) is 5.92 Å². The van der Waals surface area contributed by atoms with Crippen molar-refractivity contribution in [2.45, 2.75) is 26.7 Å². The highest BCUT2D eigenvalue weighted by molar-refractivity contribution is 5.71. The predicted octanol–water partition coefficient (Wildman–Crippen LogP) is 3.79. The first kappa shape index (κ1) is 14.3. The Morgan fingerprint density at radius 3 is 2.10 bits per heavy atom. The Morgan fingerprint density at radius 2 is 1.55 bits per heavy atom. The lowest BCUT2D eigenvalue weighted by Crippen LogP contribution is -2.20. The van der Waals surface area contributed by atoms with Gasteiger partial charge in [0.15, 0.2) is 0 Å². The molecule has 0 aromatic heterocycles. The maximum absolute atomic E-state index is 11.5. The summed E-state index contributed by atoms with van der Waals surface area (Å²) in [6, 6.07) is 15.9. The smallest absolute Gasteiger partial charge is 0.307 e. The van der Waals surface area contributed by atoms with E-state index in [2.05, 4.69) is 0 Å². The molecule has 0 amide bonds. The minimum atomic E-state index is -0.725. The Kier molecular flexibility index (Phi) is 4.57. The largest absolute Gasteiger partial charge is 0.481 e. The third-order valence-electron chi connectivity index (χ3n) is 3.77. The zero-order chi connectivity index (χ0) is 14.5. The Balaban J connectivity index is 2.20. The molecule has 0 aliphatic carbocycles. The lowest BCUT2D eigenvalue weighted by molar-refractivity contribution is -0.141. The molecule has 2 heteroatoms. The van der Waals surface area contributed by atoms with E-state index < -0.39 is 5.97 Å². The first-order valence-electron chi connectivity index (χ1n) is 6.89. The highest BCUT2D eigenvalue weighted by Crippen LogP contribution is 2.20. The van der Waals surface area contributed by atoms with E-state index in [4.69, 9.17) is 0 Å². The number of carboxylic acid groups (broad SMARTS) is 1. The van der Waals surface area contributed by atoms with Crippen LogP contribution in [0.4, 0.5) is 0 Å². The van der Waals surface area contributed by atoms with Gasteiger partial charge in [-0.3, -0.25) is 4.79 Å². The molecule has 0 heterocycles. The molecular formula is C18H20O2. The van der Waals surface area contributed by atoms with E-state index >= 15 is 0 Å². The van der Waals surface area contributed by atoms with Crippen molar-refractivity contribution < 1.29 is 9.90 Å². The summed E-state index contributed by atoms with van der Waals surface area (Å²) < 4.78 is 0. The van der Waals surface area contributed by atoms with Gasteiger partial charge in [-0.2, -0.15) is 0 Å². The molecule has 2 nitrogen and oxygen atoms in total. The standard InChI is InChI=1S/C18H20O2/c1-13-7-6-8-14(2)17(13)12-16(18(19)20)11-15-9-4-3-5-10-15/h3-10,16H,11-12H2,1-2H3,(H,19,20). The zero-order valence-electron chi connectivity index (χ0n) is 12.0. The summed E-state index contributed by atoms with van der Waals surface area (Å²) in [6.07, 6.45) is 1.16. The lowest BCUT2D eigenvalue weighted by atomic mass is 9.89. The SMILES string of the molecule is Cc1cccc(C)c1CC(Cc1ccccc1)C(=O)O. The van der Waals surface area contributed by atoms with Gasteiger partial charge in [-0.05, 0) is 48.9 Å². The zero-order valence-corrected chi connectivity index (χ0v) is 12.0. The average Bonchev–Trinajstić information content (AvgIpc) is 2.42. The maximum atomic E-state index is 11.5.